The van der Waals surface area contributed by atoms with E-state index >= 15 is 0 Å². The minimum Gasteiger partial charge on any atom is -1.00 e. The van der Waals surface area contributed by atoms with E-state index in [0.29, 0.717) is 57.8 Å². The van der Waals surface area contributed by atoms with E-state index < -0.39 is 23.0 Å². The maximum absolute atomic E-state index is 8.12. The molecule has 0 saturated carbocycles. The zero-order valence-electron chi connectivity index (χ0n) is 42.7. The van der Waals surface area contributed by atoms with E-state index in [1.807, 2.05) is 69.2 Å². The van der Waals surface area contributed by atoms with Crippen LogP contribution in [0.5, 0.6) is 0 Å². The molecule has 2 aliphatic heterocycles. The summed E-state index contributed by atoms with van der Waals surface area (Å²) in [6, 6.07) is 1.52. The summed E-state index contributed by atoms with van der Waals surface area (Å²) in [7, 11) is 0. The molecular formula is C42H80Cl2N6O14S4. The van der Waals surface area contributed by atoms with Crippen LogP contribution in [0, 0.1) is 13.1 Å². The van der Waals surface area contributed by atoms with Crippen molar-refractivity contribution in [2.45, 2.75) is 158 Å². The van der Waals surface area contributed by atoms with Gasteiger partial charge in [-0.3, -0.25) is 19.7 Å². The molecule has 26 heteroatoms. The quantitative estimate of drug-likeness (QED) is 0.0982. The van der Waals surface area contributed by atoms with Gasteiger partial charge in [0.25, 0.3) is 0 Å². The van der Waals surface area contributed by atoms with Gasteiger partial charge in [0.1, 0.15) is 10.1 Å². The third kappa shape index (κ3) is 65.6. The summed E-state index contributed by atoms with van der Waals surface area (Å²) in [5.74, 6) is 2.48. The van der Waals surface area contributed by atoms with Crippen LogP contribution < -0.4 is 23.9 Å². The normalized spacial score (nSPS) is 14.5. The van der Waals surface area contributed by atoms with Crippen LogP contribution in [0.4, 0.5) is 0 Å². The molecule has 4 atom stereocenters. The number of aliphatic imine (C=N–C) groups is 2. The molecular weight excluding hydrogens is 1010 g/mol. The van der Waals surface area contributed by atoms with E-state index in [0.717, 1.165) is 33.1 Å². The third-order valence-corrected chi connectivity index (χ3v) is 10.2. The lowest BCUT2D eigenvalue weighted by atomic mass is 10.3. The second-order valence-electron chi connectivity index (χ2n) is 13.6. The topological polar surface area (TPSA) is 279 Å². The Balaban J connectivity index is -0.0000000726. The molecule has 2 heterocycles. The SMILES string of the molecule is CCOC(C)(OCC)C1=N[C@@H](C)CS1.CCOC(C)(OCC)C1=N[C@H](C)CS1.C[C@@H](N)CS.C[C@H]([NH3+])CS.Cl.O=C=O.O=C=O.O=C=O.O=C=O.[C-]#[N+]C(C)(C)OCC.[C-]#[N+]C(C)(C)OCC.[Cl-]. The second-order valence-corrected chi connectivity index (χ2v) is 16.3. The Morgan fingerprint density at radius 3 is 0.897 bits per heavy atom. The van der Waals surface area contributed by atoms with Crippen LogP contribution >= 0.6 is 61.2 Å². The van der Waals surface area contributed by atoms with E-state index in [1.165, 1.54) is 0 Å². The van der Waals surface area contributed by atoms with E-state index in [9.17, 15) is 0 Å². The van der Waals surface area contributed by atoms with E-state index in [2.05, 4.69) is 64.5 Å². The highest BCUT2D eigenvalue weighted by Gasteiger charge is 2.36. The number of rotatable bonds is 16. The van der Waals surface area contributed by atoms with Gasteiger partial charge in [0.2, 0.25) is 11.6 Å². The monoisotopic (exact) mass is 1090 g/mol. The smallest absolute Gasteiger partial charge is 0.373 e. The van der Waals surface area contributed by atoms with Crippen molar-refractivity contribution in [3.05, 3.63) is 22.8 Å². The highest BCUT2D eigenvalue weighted by molar-refractivity contribution is 8.14. The maximum Gasteiger partial charge on any atom is 0.373 e. The van der Waals surface area contributed by atoms with Crippen molar-refractivity contribution < 1.29 is 84.9 Å². The summed E-state index contributed by atoms with van der Waals surface area (Å²) in [6.07, 6.45) is 1.00. The van der Waals surface area contributed by atoms with Crippen LogP contribution in [-0.2, 0) is 66.8 Å². The van der Waals surface area contributed by atoms with E-state index in [-0.39, 0.29) is 55.5 Å². The number of halogens is 2. The molecule has 2 rings (SSSR count). The molecule has 0 spiro atoms. The fourth-order valence-corrected chi connectivity index (χ4v) is 5.86. The summed E-state index contributed by atoms with van der Waals surface area (Å²) in [6.45, 7) is 47.7. The number of hydrogen-bond acceptors (Lipinski definition) is 21. The minimum atomic E-state index is -0.626. The van der Waals surface area contributed by atoms with Crippen molar-refractivity contribution in [1.82, 2.24) is 0 Å². The molecule has 5 N–H and O–H groups in total. The zero-order chi connectivity index (χ0) is 53.8. The molecule has 400 valence electrons. The lowest BCUT2D eigenvalue weighted by molar-refractivity contribution is -0.405. The molecule has 2 aliphatic rings. The van der Waals surface area contributed by atoms with Gasteiger partial charge in [-0.25, -0.2) is 13.1 Å². The molecule has 0 radical (unpaired) electrons. The largest absolute Gasteiger partial charge is 1.00 e. The summed E-state index contributed by atoms with van der Waals surface area (Å²) in [5.41, 5.74) is 7.66. The van der Waals surface area contributed by atoms with Gasteiger partial charge in [0.05, 0.1) is 31.3 Å². The Labute approximate surface area is 437 Å². The van der Waals surface area contributed by atoms with Crippen molar-refractivity contribution in [1.29, 1.82) is 0 Å². The number of nitrogens with two attached hydrogens (primary N) is 1. The molecule has 0 aromatic rings. The summed E-state index contributed by atoms with van der Waals surface area (Å²) >= 11 is 11.3. The number of nitrogens with zero attached hydrogens (tertiary/aromatic N) is 4. The Bertz CT molecular complexity index is 1310. The van der Waals surface area contributed by atoms with Crippen molar-refractivity contribution >= 4 is 95.9 Å². The fraction of sp³-hybridized carbons (Fsp3) is 0.810. The van der Waals surface area contributed by atoms with Gasteiger partial charge in [-0.1, -0.05) is 0 Å². The molecule has 0 saturated heterocycles. The van der Waals surface area contributed by atoms with Gasteiger partial charge < -0.3 is 52.3 Å². The predicted octanol–water partition coefficient (Wildman–Crippen LogP) is 2.88. The first-order chi connectivity index (χ1) is 30.7. The van der Waals surface area contributed by atoms with Crippen molar-refractivity contribution in [3.63, 3.8) is 0 Å². The highest BCUT2D eigenvalue weighted by Crippen LogP contribution is 2.30. The Morgan fingerprint density at radius 2 is 0.809 bits per heavy atom. The summed E-state index contributed by atoms with van der Waals surface area (Å²) in [5, 5.41) is 1.96. The summed E-state index contributed by atoms with van der Waals surface area (Å²) in [4.78, 5) is 80.5. The molecule has 0 amide bonds. The summed E-state index contributed by atoms with van der Waals surface area (Å²) < 4.78 is 32.6. The Hall–Kier alpha value is -2.50. The average Bonchev–Trinajstić information content (AvgIpc) is 3.89. The van der Waals surface area contributed by atoms with Gasteiger partial charge in [0.15, 0.2) is 0 Å². The van der Waals surface area contributed by atoms with Gasteiger partial charge in [-0.15, -0.1) is 35.9 Å². The second kappa shape index (κ2) is 60.6. The first-order valence-corrected chi connectivity index (χ1v) is 23.7. The number of hydrogen-bond donors (Lipinski definition) is 4. The first kappa shape index (κ1) is 88.5. The van der Waals surface area contributed by atoms with Crippen molar-refractivity contribution in [3.8, 4) is 0 Å². The van der Waals surface area contributed by atoms with Crippen LogP contribution in [0.1, 0.15) is 111 Å². The number of quaternary nitrogens is 1. The highest BCUT2D eigenvalue weighted by atomic mass is 35.5. The minimum absolute atomic E-state index is 0. The maximum atomic E-state index is 8.12. The van der Waals surface area contributed by atoms with E-state index in [1.54, 1.807) is 51.2 Å². The van der Waals surface area contributed by atoms with Crippen molar-refractivity contribution in [2.24, 2.45) is 15.7 Å². The van der Waals surface area contributed by atoms with Crippen molar-refractivity contribution in [2.75, 3.05) is 62.7 Å². The Morgan fingerprint density at radius 1 is 0.618 bits per heavy atom. The van der Waals surface area contributed by atoms with Crippen LogP contribution in [0.2, 0.25) is 0 Å². The number of thiol groups is 2. The first-order valence-electron chi connectivity index (χ1n) is 20.5. The van der Waals surface area contributed by atoms with Gasteiger partial charge >= 0.3 is 36.1 Å². The molecule has 0 bridgehead atoms. The standard InChI is InChI=1S/2C10H19NO2S.2C6H11NO.2C3H9NS.4CO2.2ClH/c2*1-5-12-10(4,13-6-2)9-11-8(3)7-14-9;2*1-5-8-6(2,3)7-4;2*1-3(4)2-5;4*2-1-3;;/h2*8H,5-7H2,1-4H3;2*5H2,1-3H3;2*3,5H,2,4H2,1H3;;;;;2*1H/t2*8-;;;2*3-;;;;;;/m10..10....../s1. The fourth-order valence-electron chi connectivity index (χ4n) is 3.65. The Kier molecular flexibility index (Phi) is 78.9. The molecule has 0 aromatic carbocycles. The lowest BCUT2D eigenvalue weighted by Gasteiger charge is -2.28. The molecule has 0 aromatic heterocycles. The van der Waals surface area contributed by atoms with Gasteiger partial charge in [0, 0.05) is 83.2 Å². The van der Waals surface area contributed by atoms with Crippen LogP contribution in [0.15, 0.2) is 9.98 Å². The lowest BCUT2D eigenvalue weighted by Crippen LogP contribution is -3.00. The molecule has 20 nitrogen and oxygen atoms in total. The van der Waals surface area contributed by atoms with Crippen LogP contribution in [0.25, 0.3) is 9.69 Å². The number of carbonyl (C=O) groups excluding carboxylic acids is 8. The van der Waals surface area contributed by atoms with Crippen LogP contribution in [-0.4, -0.2) is 145 Å². The van der Waals surface area contributed by atoms with Gasteiger partial charge in [-0.05, 0) is 83.1 Å². The molecule has 0 aliphatic carbocycles. The molecule has 68 heavy (non-hydrogen) atoms. The average molecular weight is 1090 g/mol. The third-order valence-electron chi connectivity index (χ3n) is 6.19. The number of ether oxygens (including phenoxy) is 6. The van der Waals surface area contributed by atoms with Crippen LogP contribution in [0.3, 0.4) is 0 Å². The molecule has 0 unspecified atom stereocenters. The predicted molar refractivity (Wildman–Crippen MR) is 268 cm³/mol. The number of thioether (sulfide) groups is 2. The molecule has 0 fully saturated rings. The van der Waals surface area contributed by atoms with E-state index in [4.69, 9.17) is 85.7 Å². The van der Waals surface area contributed by atoms with Gasteiger partial charge in [-0.2, -0.15) is 63.6 Å². The zero-order valence-corrected chi connectivity index (χ0v) is 47.7.